The zero-order chi connectivity index (χ0) is 18.0. The topological polar surface area (TPSA) is 69.1 Å². The molecule has 1 heterocycles. The predicted molar refractivity (Wildman–Crippen MR) is 118 cm³/mol. The van der Waals surface area contributed by atoms with Crippen LogP contribution in [0.15, 0.2) is 16.6 Å². The molecule has 1 aliphatic heterocycles. The van der Waals surface area contributed by atoms with Gasteiger partial charge in [0.25, 0.3) is 0 Å². The zero-order valence-electron chi connectivity index (χ0n) is 16.4. The number of β-amino-alcohol motifs (C(OH)–C–C–N with tert-alkyl or cyclic N) is 1. The van der Waals surface area contributed by atoms with Crippen molar-refractivity contribution in [1.82, 2.24) is 15.5 Å². The first-order valence-electron chi connectivity index (χ1n) is 9.81. The van der Waals surface area contributed by atoms with E-state index in [-0.39, 0.29) is 24.0 Å². The number of allylic oxidation sites excluding steroid dienone is 1. The highest BCUT2D eigenvalue weighted by molar-refractivity contribution is 14.0. The van der Waals surface area contributed by atoms with Gasteiger partial charge in [0.2, 0.25) is 0 Å². The Kier molecular flexibility index (Phi) is 11.7. The zero-order valence-corrected chi connectivity index (χ0v) is 18.8. The minimum absolute atomic E-state index is 0. The van der Waals surface area contributed by atoms with Gasteiger partial charge in [-0.05, 0) is 46.0 Å². The van der Waals surface area contributed by atoms with Gasteiger partial charge in [-0.25, -0.2) is 0 Å². The SMILES string of the molecule is CCNC(=NCC(C)(O)CN1CCOCC1)NCCC1=CCCCC1.I. The molecule has 2 aliphatic rings. The fourth-order valence-corrected chi connectivity index (χ4v) is 3.36. The van der Waals surface area contributed by atoms with Crippen molar-refractivity contribution in [1.29, 1.82) is 0 Å². The number of guanidine groups is 1. The van der Waals surface area contributed by atoms with Crippen molar-refractivity contribution in [3.05, 3.63) is 11.6 Å². The molecule has 1 aliphatic carbocycles. The summed E-state index contributed by atoms with van der Waals surface area (Å²) in [5.41, 5.74) is 0.736. The Morgan fingerprint density at radius 3 is 2.73 bits per heavy atom. The molecular weight excluding hydrogens is 443 g/mol. The molecule has 0 radical (unpaired) electrons. The van der Waals surface area contributed by atoms with Crippen LogP contribution in [0.2, 0.25) is 0 Å². The average Bonchev–Trinajstić information content (AvgIpc) is 2.61. The number of ether oxygens (including phenoxy) is 1. The van der Waals surface area contributed by atoms with Gasteiger partial charge in [-0.15, -0.1) is 24.0 Å². The number of aliphatic imine (C=N–C) groups is 1. The van der Waals surface area contributed by atoms with Crippen LogP contribution in [0.1, 0.15) is 46.0 Å². The Morgan fingerprint density at radius 2 is 2.08 bits per heavy atom. The third-order valence-corrected chi connectivity index (χ3v) is 4.71. The minimum atomic E-state index is -0.828. The number of nitrogens with zero attached hydrogens (tertiary/aromatic N) is 2. The summed E-state index contributed by atoms with van der Waals surface area (Å²) < 4.78 is 5.36. The van der Waals surface area contributed by atoms with Crippen LogP contribution >= 0.6 is 24.0 Å². The highest BCUT2D eigenvalue weighted by Gasteiger charge is 2.25. The number of nitrogens with one attached hydrogen (secondary N) is 2. The molecule has 0 amide bonds. The van der Waals surface area contributed by atoms with Crippen molar-refractivity contribution in [3.63, 3.8) is 0 Å². The molecule has 0 bridgehead atoms. The van der Waals surface area contributed by atoms with E-state index in [0.29, 0.717) is 13.1 Å². The molecule has 0 saturated carbocycles. The highest BCUT2D eigenvalue weighted by Crippen LogP contribution is 2.19. The van der Waals surface area contributed by atoms with Crippen molar-refractivity contribution < 1.29 is 9.84 Å². The number of rotatable bonds is 8. The Labute approximate surface area is 175 Å². The molecule has 1 unspecified atom stereocenters. The lowest BCUT2D eigenvalue weighted by molar-refractivity contribution is -0.0179. The molecule has 26 heavy (non-hydrogen) atoms. The van der Waals surface area contributed by atoms with E-state index in [1.54, 1.807) is 5.57 Å². The van der Waals surface area contributed by atoms with E-state index in [2.05, 4.69) is 33.5 Å². The number of hydrogen-bond acceptors (Lipinski definition) is 4. The van der Waals surface area contributed by atoms with Gasteiger partial charge in [0, 0.05) is 32.7 Å². The molecular formula is C19H37IN4O2. The standard InChI is InChI=1S/C19H36N4O2.HI/c1-3-20-18(21-10-9-17-7-5-4-6-8-17)22-15-19(2,24)16-23-11-13-25-14-12-23;/h7,24H,3-6,8-16H2,1-2H3,(H2,20,21,22);1H. The number of hydrogen-bond donors (Lipinski definition) is 3. The molecule has 152 valence electrons. The smallest absolute Gasteiger partial charge is 0.191 e. The summed E-state index contributed by atoms with van der Waals surface area (Å²) in [7, 11) is 0. The minimum Gasteiger partial charge on any atom is -0.387 e. The van der Waals surface area contributed by atoms with Crippen molar-refractivity contribution in [3.8, 4) is 0 Å². The lowest BCUT2D eigenvalue weighted by atomic mass is 9.97. The second-order valence-electron chi connectivity index (χ2n) is 7.37. The lowest BCUT2D eigenvalue weighted by Crippen LogP contribution is -2.48. The van der Waals surface area contributed by atoms with Crippen molar-refractivity contribution in [2.24, 2.45) is 4.99 Å². The summed E-state index contributed by atoms with van der Waals surface area (Å²) in [5.74, 6) is 0.793. The van der Waals surface area contributed by atoms with Gasteiger partial charge in [-0.3, -0.25) is 9.89 Å². The monoisotopic (exact) mass is 480 g/mol. The molecule has 1 saturated heterocycles. The van der Waals surface area contributed by atoms with E-state index in [1.807, 2.05) is 6.92 Å². The van der Waals surface area contributed by atoms with E-state index in [1.165, 1.54) is 25.7 Å². The summed E-state index contributed by atoms with van der Waals surface area (Å²) in [6.07, 6.45) is 8.60. The number of morpholine rings is 1. The maximum absolute atomic E-state index is 10.7. The highest BCUT2D eigenvalue weighted by atomic mass is 127. The van der Waals surface area contributed by atoms with E-state index < -0.39 is 5.60 Å². The van der Waals surface area contributed by atoms with E-state index >= 15 is 0 Å². The molecule has 0 aromatic rings. The second-order valence-corrected chi connectivity index (χ2v) is 7.37. The molecule has 7 heteroatoms. The van der Waals surface area contributed by atoms with Crippen molar-refractivity contribution in [2.45, 2.75) is 51.6 Å². The molecule has 1 atom stereocenters. The van der Waals surface area contributed by atoms with Gasteiger partial charge in [0.05, 0.1) is 25.4 Å². The summed E-state index contributed by atoms with van der Waals surface area (Å²) in [6, 6.07) is 0. The van der Waals surface area contributed by atoms with Crippen LogP contribution in [-0.2, 0) is 4.74 Å². The van der Waals surface area contributed by atoms with Gasteiger partial charge in [-0.2, -0.15) is 0 Å². The molecule has 3 N–H and O–H groups in total. The molecule has 1 fully saturated rings. The molecule has 2 rings (SSSR count). The fourth-order valence-electron chi connectivity index (χ4n) is 3.36. The van der Waals surface area contributed by atoms with Crippen LogP contribution in [0.3, 0.4) is 0 Å². The van der Waals surface area contributed by atoms with Gasteiger partial charge in [0.1, 0.15) is 0 Å². The van der Waals surface area contributed by atoms with Gasteiger partial charge < -0.3 is 20.5 Å². The van der Waals surface area contributed by atoms with E-state index in [0.717, 1.165) is 51.8 Å². The Morgan fingerprint density at radius 1 is 1.31 bits per heavy atom. The molecule has 0 aromatic heterocycles. The normalized spacial score (nSPS) is 21.3. The third kappa shape index (κ3) is 9.53. The second kappa shape index (κ2) is 12.9. The van der Waals surface area contributed by atoms with Crippen LogP contribution in [0.5, 0.6) is 0 Å². The van der Waals surface area contributed by atoms with E-state index in [4.69, 9.17) is 4.74 Å². The van der Waals surface area contributed by atoms with E-state index in [9.17, 15) is 5.11 Å². The average molecular weight is 480 g/mol. The van der Waals surface area contributed by atoms with Crippen molar-refractivity contribution in [2.75, 3.05) is 52.5 Å². The van der Waals surface area contributed by atoms with Gasteiger partial charge in [0.15, 0.2) is 5.96 Å². The molecule has 0 spiro atoms. The Hall–Kier alpha value is -0.380. The Balaban J connectivity index is 0.00000338. The Bertz CT molecular complexity index is 449. The summed E-state index contributed by atoms with van der Waals surface area (Å²) in [5, 5.41) is 17.3. The summed E-state index contributed by atoms with van der Waals surface area (Å²) in [4.78, 5) is 6.85. The number of halogens is 1. The lowest BCUT2D eigenvalue weighted by Gasteiger charge is -2.33. The molecule has 0 aromatic carbocycles. The maximum Gasteiger partial charge on any atom is 0.191 e. The first-order valence-corrected chi connectivity index (χ1v) is 9.81. The van der Waals surface area contributed by atoms with Crippen molar-refractivity contribution >= 4 is 29.9 Å². The predicted octanol–water partition coefficient (Wildman–Crippen LogP) is 2.13. The summed E-state index contributed by atoms with van der Waals surface area (Å²) >= 11 is 0. The third-order valence-electron chi connectivity index (χ3n) is 4.71. The first-order chi connectivity index (χ1) is 12.1. The van der Waals surface area contributed by atoms with Crippen LogP contribution in [0.4, 0.5) is 0 Å². The van der Waals surface area contributed by atoms with Crippen LogP contribution in [0, 0.1) is 0 Å². The first kappa shape index (κ1) is 23.7. The van der Waals surface area contributed by atoms with Crippen LogP contribution in [0.25, 0.3) is 0 Å². The fraction of sp³-hybridized carbons (Fsp3) is 0.842. The van der Waals surface area contributed by atoms with Crippen LogP contribution < -0.4 is 10.6 Å². The quantitative estimate of drug-likeness (QED) is 0.215. The van der Waals surface area contributed by atoms with Gasteiger partial charge in [-0.1, -0.05) is 11.6 Å². The van der Waals surface area contributed by atoms with Crippen LogP contribution in [-0.4, -0.2) is 74.0 Å². The summed E-state index contributed by atoms with van der Waals surface area (Å²) in [6.45, 7) is 9.92. The molecule has 6 nitrogen and oxygen atoms in total. The maximum atomic E-state index is 10.7. The number of aliphatic hydroxyl groups is 1. The van der Waals surface area contributed by atoms with Gasteiger partial charge >= 0.3 is 0 Å². The largest absolute Gasteiger partial charge is 0.387 e.